The minimum absolute atomic E-state index is 0.0262. The van der Waals surface area contributed by atoms with Crippen molar-refractivity contribution in [2.75, 3.05) is 19.0 Å². The zero-order chi connectivity index (χ0) is 21.0. The summed E-state index contributed by atoms with van der Waals surface area (Å²) in [5.41, 5.74) is 2.43. The second kappa shape index (κ2) is 8.36. The highest BCUT2D eigenvalue weighted by Gasteiger charge is 2.18. The molecule has 6 nitrogen and oxygen atoms in total. The first kappa shape index (κ1) is 20.4. The summed E-state index contributed by atoms with van der Waals surface area (Å²) in [5, 5.41) is 0. The smallest absolute Gasteiger partial charge is 0.357 e. The van der Waals surface area contributed by atoms with E-state index in [0.29, 0.717) is 11.3 Å². The minimum Gasteiger partial charge on any atom is -0.378 e. The van der Waals surface area contributed by atoms with Crippen LogP contribution in [0.1, 0.15) is 16.8 Å². The van der Waals surface area contributed by atoms with Gasteiger partial charge in [-0.05, 0) is 54.5 Å². The zero-order valence-electron chi connectivity index (χ0n) is 16.4. The summed E-state index contributed by atoms with van der Waals surface area (Å²) in [6, 6.07) is 18.5. The third-order valence-corrected chi connectivity index (χ3v) is 5.42. The number of benzene rings is 2. The molecular weight excluding hydrogens is 388 g/mol. The molecule has 0 saturated heterocycles. The third kappa shape index (κ3) is 4.94. The summed E-state index contributed by atoms with van der Waals surface area (Å²) in [4.78, 5) is 14.4. The number of rotatable bonds is 6. The Morgan fingerprint density at radius 2 is 1.59 bits per heavy atom. The number of aromatic nitrogens is 1. The van der Waals surface area contributed by atoms with Crippen LogP contribution < -0.4 is 14.7 Å². The van der Waals surface area contributed by atoms with Crippen LogP contribution in [0, 0.1) is 6.92 Å². The van der Waals surface area contributed by atoms with Crippen molar-refractivity contribution in [1.82, 2.24) is 4.73 Å². The van der Waals surface area contributed by atoms with E-state index in [2.05, 4.69) is 0 Å². The Bertz CT molecular complexity index is 1180. The van der Waals surface area contributed by atoms with Crippen LogP contribution in [0.15, 0.2) is 76.4 Å². The highest BCUT2D eigenvalue weighted by Crippen LogP contribution is 2.15. The van der Waals surface area contributed by atoms with E-state index < -0.39 is 15.7 Å². The van der Waals surface area contributed by atoms with Gasteiger partial charge in [-0.3, -0.25) is 9.08 Å². The molecule has 1 heterocycles. The predicted molar refractivity (Wildman–Crippen MR) is 115 cm³/mol. The van der Waals surface area contributed by atoms with Gasteiger partial charge in [0, 0.05) is 25.8 Å². The van der Waals surface area contributed by atoms with E-state index in [4.69, 9.17) is 4.28 Å². The molecule has 0 atom stereocenters. The number of anilines is 1. The molecule has 0 amide bonds. The average molecular weight is 410 g/mol. The van der Waals surface area contributed by atoms with Gasteiger partial charge in [0.2, 0.25) is 0 Å². The average Bonchev–Trinajstić information content (AvgIpc) is 2.69. The molecule has 7 heteroatoms. The number of aryl methyl sites for hydroxylation is 1. The van der Waals surface area contributed by atoms with Crippen LogP contribution in [0.5, 0.6) is 0 Å². The quantitative estimate of drug-likeness (QED) is 0.624. The molecular formula is C22H22N2O4S. The fourth-order valence-corrected chi connectivity index (χ4v) is 3.64. The standard InChI is InChI=1S/C22H22N2O4S/c1-17-15-20(14-11-18-9-12-19(13-10-18)23(2)3)24(22(25)16-17)28-29(26,27)21-7-5-4-6-8-21/h4-16H,1-3H3. The summed E-state index contributed by atoms with van der Waals surface area (Å²) >= 11 is 0. The number of hydrogen-bond acceptors (Lipinski definition) is 5. The largest absolute Gasteiger partial charge is 0.378 e. The van der Waals surface area contributed by atoms with Gasteiger partial charge in [0.15, 0.2) is 0 Å². The van der Waals surface area contributed by atoms with Crippen molar-refractivity contribution in [3.8, 4) is 0 Å². The Morgan fingerprint density at radius 1 is 0.931 bits per heavy atom. The van der Waals surface area contributed by atoms with E-state index in [9.17, 15) is 13.2 Å². The molecule has 0 bridgehead atoms. The van der Waals surface area contributed by atoms with Gasteiger partial charge < -0.3 is 4.90 Å². The van der Waals surface area contributed by atoms with Crippen LogP contribution in [0.25, 0.3) is 12.2 Å². The maximum atomic E-state index is 12.6. The van der Waals surface area contributed by atoms with E-state index >= 15 is 0 Å². The number of hydrogen-bond donors (Lipinski definition) is 0. The van der Waals surface area contributed by atoms with Gasteiger partial charge in [-0.15, -0.1) is 4.73 Å². The second-order valence-corrected chi connectivity index (χ2v) is 8.28. The SMILES string of the molecule is Cc1cc(C=Cc2ccc(N(C)C)cc2)n(OS(=O)(=O)c2ccccc2)c(=O)c1. The maximum Gasteiger partial charge on any atom is 0.357 e. The molecule has 0 radical (unpaired) electrons. The Kier molecular flexibility index (Phi) is 5.89. The molecule has 0 aliphatic heterocycles. The summed E-state index contributed by atoms with van der Waals surface area (Å²) < 4.78 is 31.1. The normalized spacial score (nSPS) is 11.6. The van der Waals surface area contributed by atoms with Gasteiger partial charge in [0.05, 0.1) is 5.69 Å². The Labute approximate surface area is 170 Å². The molecule has 0 aliphatic carbocycles. The first-order valence-electron chi connectivity index (χ1n) is 8.95. The Morgan fingerprint density at radius 3 is 2.21 bits per heavy atom. The molecule has 0 spiro atoms. The lowest BCUT2D eigenvalue weighted by Crippen LogP contribution is -2.32. The van der Waals surface area contributed by atoms with Crippen molar-refractivity contribution in [3.63, 3.8) is 0 Å². The molecule has 29 heavy (non-hydrogen) atoms. The summed E-state index contributed by atoms with van der Waals surface area (Å²) in [6.45, 7) is 1.76. The second-order valence-electron chi connectivity index (χ2n) is 6.75. The van der Waals surface area contributed by atoms with E-state index in [1.54, 1.807) is 43.3 Å². The molecule has 1 aromatic heterocycles. The van der Waals surface area contributed by atoms with Gasteiger partial charge in [0.1, 0.15) is 4.90 Å². The van der Waals surface area contributed by atoms with Gasteiger partial charge in [-0.25, -0.2) is 0 Å². The number of pyridine rings is 1. The summed E-state index contributed by atoms with van der Waals surface area (Å²) in [7, 11) is -0.227. The van der Waals surface area contributed by atoms with E-state index in [0.717, 1.165) is 16.0 Å². The zero-order valence-corrected chi connectivity index (χ0v) is 17.3. The maximum absolute atomic E-state index is 12.6. The van der Waals surface area contributed by atoms with Gasteiger partial charge in [0.25, 0.3) is 5.56 Å². The van der Waals surface area contributed by atoms with Crippen molar-refractivity contribution < 1.29 is 12.7 Å². The van der Waals surface area contributed by atoms with Gasteiger partial charge in [-0.2, -0.15) is 8.42 Å². The van der Waals surface area contributed by atoms with Crippen molar-refractivity contribution in [2.45, 2.75) is 11.8 Å². The molecule has 0 N–H and O–H groups in total. The van der Waals surface area contributed by atoms with Gasteiger partial charge in [-0.1, -0.05) is 36.4 Å². The lowest BCUT2D eigenvalue weighted by Gasteiger charge is -2.12. The molecule has 150 valence electrons. The molecule has 3 aromatic rings. The predicted octanol–water partition coefficient (Wildman–Crippen LogP) is 3.21. The first-order valence-corrected chi connectivity index (χ1v) is 10.4. The van der Waals surface area contributed by atoms with Crippen LogP contribution in [-0.2, 0) is 10.1 Å². The fraction of sp³-hybridized carbons (Fsp3) is 0.136. The Hall–Kier alpha value is -3.32. The molecule has 0 saturated carbocycles. The van der Waals surface area contributed by atoms with Crippen molar-refractivity contribution >= 4 is 28.0 Å². The highest BCUT2D eigenvalue weighted by molar-refractivity contribution is 7.87. The van der Waals surface area contributed by atoms with Crippen LogP contribution in [0.4, 0.5) is 5.69 Å². The third-order valence-electron chi connectivity index (χ3n) is 4.22. The highest BCUT2D eigenvalue weighted by atomic mass is 32.2. The van der Waals surface area contributed by atoms with Crippen LogP contribution in [0.2, 0.25) is 0 Å². The van der Waals surface area contributed by atoms with Crippen LogP contribution in [0.3, 0.4) is 0 Å². The van der Waals surface area contributed by atoms with Crippen LogP contribution >= 0.6 is 0 Å². The lowest BCUT2D eigenvalue weighted by atomic mass is 10.1. The molecule has 2 aromatic carbocycles. The first-order chi connectivity index (χ1) is 13.8. The van der Waals surface area contributed by atoms with E-state index in [-0.39, 0.29) is 4.90 Å². The van der Waals surface area contributed by atoms with E-state index in [1.807, 2.05) is 43.3 Å². The van der Waals surface area contributed by atoms with Gasteiger partial charge >= 0.3 is 10.1 Å². The Balaban J connectivity index is 1.96. The fourth-order valence-electron chi connectivity index (χ4n) is 2.70. The molecule has 0 fully saturated rings. The summed E-state index contributed by atoms with van der Waals surface area (Å²) in [5.74, 6) is 0. The topological polar surface area (TPSA) is 68.6 Å². The van der Waals surface area contributed by atoms with Crippen molar-refractivity contribution in [1.29, 1.82) is 0 Å². The summed E-state index contributed by atoms with van der Waals surface area (Å²) in [6.07, 6.45) is 3.45. The lowest BCUT2D eigenvalue weighted by molar-refractivity contribution is 0.264. The minimum atomic E-state index is -4.15. The number of nitrogens with zero attached hydrogens (tertiary/aromatic N) is 2. The monoisotopic (exact) mass is 410 g/mol. The molecule has 0 aliphatic rings. The van der Waals surface area contributed by atoms with Crippen molar-refractivity contribution in [2.24, 2.45) is 0 Å². The van der Waals surface area contributed by atoms with E-state index in [1.165, 1.54) is 18.2 Å². The molecule has 3 rings (SSSR count). The van der Waals surface area contributed by atoms with Crippen molar-refractivity contribution in [3.05, 3.63) is 93.9 Å². The van der Waals surface area contributed by atoms with Crippen LogP contribution in [-0.4, -0.2) is 27.2 Å². The molecule has 0 unspecified atom stereocenters.